The van der Waals surface area contributed by atoms with E-state index in [2.05, 4.69) is 11.9 Å². The summed E-state index contributed by atoms with van der Waals surface area (Å²) in [6.07, 6.45) is 2.98. The van der Waals surface area contributed by atoms with Crippen LogP contribution >= 0.6 is 0 Å². The van der Waals surface area contributed by atoms with Crippen LogP contribution in [0.3, 0.4) is 0 Å². The van der Waals surface area contributed by atoms with Crippen LogP contribution in [0.1, 0.15) is 29.5 Å². The van der Waals surface area contributed by atoms with Crippen molar-refractivity contribution in [3.8, 4) is 11.5 Å². The number of hydrogen-bond acceptors (Lipinski definition) is 3. The van der Waals surface area contributed by atoms with Gasteiger partial charge in [0.2, 0.25) is 5.91 Å². The molecule has 0 aromatic heterocycles. The SMILES string of the molecule is C=CC(=O)NCCCCOc1c(C)cc(O)c(C)c1C. The van der Waals surface area contributed by atoms with E-state index >= 15 is 0 Å². The molecular formula is C16H23NO3. The maximum Gasteiger partial charge on any atom is 0.243 e. The van der Waals surface area contributed by atoms with E-state index in [1.807, 2.05) is 20.8 Å². The average molecular weight is 277 g/mol. The van der Waals surface area contributed by atoms with Gasteiger partial charge in [-0.25, -0.2) is 0 Å². The van der Waals surface area contributed by atoms with E-state index in [0.717, 1.165) is 35.3 Å². The number of phenols is 1. The first kappa shape index (κ1) is 16.1. The lowest BCUT2D eigenvalue weighted by Gasteiger charge is -2.15. The van der Waals surface area contributed by atoms with Crippen molar-refractivity contribution >= 4 is 5.91 Å². The van der Waals surface area contributed by atoms with Gasteiger partial charge in [-0.15, -0.1) is 0 Å². The van der Waals surface area contributed by atoms with Crippen LogP contribution in [0.5, 0.6) is 11.5 Å². The number of unbranched alkanes of at least 4 members (excludes halogenated alkanes) is 1. The lowest BCUT2D eigenvalue weighted by Crippen LogP contribution is -2.22. The minimum absolute atomic E-state index is 0.147. The maximum absolute atomic E-state index is 10.9. The highest BCUT2D eigenvalue weighted by molar-refractivity contribution is 5.86. The topological polar surface area (TPSA) is 58.6 Å². The maximum atomic E-state index is 10.9. The summed E-state index contributed by atoms with van der Waals surface area (Å²) in [6, 6.07) is 1.72. The minimum Gasteiger partial charge on any atom is -0.508 e. The van der Waals surface area contributed by atoms with E-state index in [-0.39, 0.29) is 5.91 Å². The van der Waals surface area contributed by atoms with Gasteiger partial charge in [-0.1, -0.05) is 6.58 Å². The zero-order valence-electron chi connectivity index (χ0n) is 12.5. The molecule has 110 valence electrons. The number of aromatic hydroxyl groups is 1. The van der Waals surface area contributed by atoms with E-state index in [1.165, 1.54) is 6.08 Å². The molecule has 0 spiro atoms. The Morgan fingerprint density at radius 1 is 1.35 bits per heavy atom. The Morgan fingerprint density at radius 2 is 2.05 bits per heavy atom. The summed E-state index contributed by atoms with van der Waals surface area (Å²) >= 11 is 0. The summed E-state index contributed by atoms with van der Waals surface area (Å²) in [5.41, 5.74) is 2.76. The van der Waals surface area contributed by atoms with Crippen LogP contribution in [-0.4, -0.2) is 24.2 Å². The van der Waals surface area contributed by atoms with Gasteiger partial charge in [0.25, 0.3) is 0 Å². The average Bonchev–Trinajstić information content (AvgIpc) is 2.42. The Hall–Kier alpha value is -1.97. The van der Waals surface area contributed by atoms with Crippen LogP contribution < -0.4 is 10.1 Å². The molecule has 20 heavy (non-hydrogen) atoms. The first-order valence-electron chi connectivity index (χ1n) is 6.80. The molecule has 0 aliphatic heterocycles. The fourth-order valence-electron chi connectivity index (χ4n) is 1.94. The van der Waals surface area contributed by atoms with Gasteiger partial charge in [0.05, 0.1) is 6.61 Å². The second-order valence-corrected chi connectivity index (χ2v) is 4.84. The van der Waals surface area contributed by atoms with Gasteiger partial charge in [-0.2, -0.15) is 0 Å². The molecule has 4 nitrogen and oxygen atoms in total. The van der Waals surface area contributed by atoms with E-state index in [4.69, 9.17) is 4.74 Å². The first-order chi connectivity index (χ1) is 9.47. The summed E-state index contributed by atoms with van der Waals surface area (Å²) in [4.78, 5) is 10.9. The third kappa shape index (κ3) is 4.30. The number of nitrogens with one attached hydrogen (secondary N) is 1. The van der Waals surface area contributed by atoms with Crippen LogP contribution in [0.25, 0.3) is 0 Å². The van der Waals surface area contributed by atoms with E-state index in [9.17, 15) is 9.90 Å². The molecule has 2 N–H and O–H groups in total. The van der Waals surface area contributed by atoms with Gasteiger partial charge >= 0.3 is 0 Å². The fraction of sp³-hybridized carbons (Fsp3) is 0.438. The van der Waals surface area contributed by atoms with Crippen molar-refractivity contribution in [3.63, 3.8) is 0 Å². The highest BCUT2D eigenvalue weighted by atomic mass is 16.5. The number of hydrogen-bond donors (Lipinski definition) is 2. The van der Waals surface area contributed by atoms with Crippen LogP contribution in [0.15, 0.2) is 18.7 Å². The summed E-state index contributed by atoms with van der Waals surface area (Å²) in [7, 11) is 0. The largest absolute Gasteiger partial charge is 0.508 e. The van der Waals surface area contributed by atoms with E-state index in [0.29, 0.717) is 18.9 Å². The zero-order chi connectivity index (χ0) is 15.1. The lowest BCUT2D eigenvalue weighted by atomic mass is 10.0. The van der Waals surface area contributed by atoms with Gasteiger partial charge < -0.3 is 15.2 Å². The Labute approximate surface area is 120 Å². The number of amides is 1. The fourth-order valence-corrected chi connectivity index (χ4v) is 1.94. The van der Waals surface area contributed by atoms with Gasteiger partial charge in [0.15, 0.2) is 0 Å². The first-order valence-corrected chi connectivity index (χ1v) is 6.80. The molecule has 0 aliphatic carbocycles. The molecule has 1 aromatic rings. The Bertz CT molecular complexity index is 495. The molecular weight excluding hydrogens is 254 g/mol. The van der Waals surface area contributed by atoms with Crippen molar-refractivity contribution in [2.24, 2.45) is 0 Å². The number of benzene rings is 1. The predicted molar refractivity (Wildman–Crippen MR) is 80.3 cm³/mol. The Balaban J connectivity index is 2.41. The molecule has 0 aliphatic rings. The Morgan fingerprint density at radius 3 is 2.70 bits per heavy atom. The number of rotatable bonds is 7. The van der Waals surface area contributed by atoms with Crippen molar-refractivity contribution < 1.29 is 14.6 Å². The van der Waals surface area contributed by atoms with Crippen molar-refractivity contribution in [2.45, 2.75) is 33.6 Å². The molecule has 0 heterocycles. The predicted octanol–water partition coefficient (Wildman–Crippen LogP) is 2.78. The summed E-state index contributed by atoms with van der Waals surface area (Å²) in [6.45, 7) is 10.4. The second-order valence-electron chi connectivity index (χ2n) is 4.84. The molecule has 0 saturated heterocycles. The van der Waals surface area contributed by atoms with Gasteiger partial charge in [-0.05, 0) is 62.4 Å². The molecule has 0 atom stereocenters. The van der Waals surface area contributed by atoms with Crippen molar-refractivity contribution in [2.75, 3.05) is 13.2 Å². The van der Waals surface area contributed by atoms with Crippen LogP contribution in [-0.2, 0) is 4.79 Å². The van der Waals surface area contributed by atoms with E-state index < -0.39 is 0 Å². The zero-order valence-corrected chi connectivity index (χ0v) is 12.5. The van der Waals surface area contributed by atoms with Crippen LogP contribution in [0.2, 0.25) is 0 Å². The molecule has 0 fully saturated rings. The van der Waals surface area contributed by atoms with Gasteiger partial charge in [0.1, 0.15) is 11.5 Å². The molecule has 0 unspecified atom stereocenters. The molecule has 1 rings (SSSR count). The summed E-state index contributed by atoms with van der Waals surface area (Å²) in [5, 5.41) is 12.4. The normalized spacial score (nSPS) is 10.2. The monoisotopic (exact) mass is 277 g/mol. The molecule has 0 bridgehead atoms. The number of carbonyl (C=O) groups is 1. The Kier molecular flexibility index (Phi) is 6.10. The highest BCUT2D eigenvalue weighted by Crippen LogP contribution is 2.32. The minimum atomic E-state index is -0.147. The van der Waals surface area contributed by atoms with Crippen molar-refractivity contribution in [1.29, 1.82) is 0 Å². The summed E-state index contributed by atoms with van der Waals surface area (Å²) < 4.78 is 5.79. The number of carbonyl (C=O) groups excluding carboxylic acids is 1. The molecule has 1 amide bonds. The number of aryl methyl sites for hydroxylation is 1. The van der Waals surface area contributed by atoms with Crippen LogP contribution in [0.4, 0.5) is 0 Å². The molecule has 4 heteroatoms. The third-order valence-electron chi connectivity index (χ3n) is 3.30. The highest BCUT2D eigenvalue weighted by Gasteiger charge is 2.10. The molecule has 0 saturated carbocycles. The number of phenolic OH excluding ortho intramolecular Hbond substituents is 1. The molecule has 0 radical (unpaired) electrons. The van der Waals surface area contributed by atoms with Crippen molar-refractivity contribution in [3.05, 3.63) is 35.4 Å². The van der Waals surface area contributed by atoms with Crippen LogP contribution in [0, 0.1) is 20.8 Å². The van der Waals surface area contributed by atoms with E-state index in [1.54, 1.807) is 6.07 Å². The van der Waals surface area contributed by atoms with Gasteiger partial charge in [0, 0.05) is 6.54 Å². The quantitative estimate of drug-likeness (QED) is 0.595. The summed E-state index contributed by atoms with van der Waals surface area (Å²) in [5.74, 6) is 1.00. The van der Waals surface area contributed by atoms with Crippen molar-refractivity contribution in [1.82, 2.24) is 5.32 Å². The third-order valence-corrected chi connectivity index (χ3v) is 3.30. The second kappa shape index (κ2) is 7.58. The van der Waals surface area contributed by atoms with Gasteiger partial charge in [-0.3, -0.25) is 4.79 Å². The smallest absolute Gasteiger partial charge is 0.243 e. The standard InChI is InChI=1S/C16H23NO3/c1-5-15(19)17-8-6-7-9-20-16-11(2)10-14(18)12(3)13(16)4/h5,10,18H,1,6-9H2,2-4H3,(H,17,19). The molecule has 1 aromatic carbocycles. The lowest BCUT2D eigenvalue weighted by molar-refractivity contribution is -0.116. The number of ether oxygens (including phenoxy) is 1.